The minimum atomic E-state index is -0.839. The molecule has 0 aromatic rings. The highest BCUT2D eigenvalue weighted by molar-refractivity contribution is 5.76. The van der Waals surface area contributed by atoms with E-state index < -0.39 is 12.1 Å². The van der Waals surface area contributed by atoms with E-state index in [9.17, 15) is 15.0 Å². The van der Waals surface area contributed by atoms with Gasteiger partial charge < -0.3 is 15.5 Å². The molecule has 0 aromatic carbocycles. The first-order valence-electron chi connectivity index (χ1n) is 31.1. The number of amides is 1. The number of carbonyl (C=O) groups excluding carboxylic acids is 1. The fraction of sp³-hybridized carbons (Fsp3) is 0.921. The number of hydrogen-bond acceptors (Lipinski definition) is 3. The maximum absolute atomic E-state index is 12.5. The molecule has 0 spiro atoms. The Labute approximate surface area is 421 Å². The molecule has 0 aliphatic rings. The van der Waals surface area contributed by atoms with Crippen molar-refractivity contribution in [3.05, 3.63) is 24.3 Å². The van der Waals surface area contributed by atoms with Gasteiger partial charge in [-0.15, -0.1) is 0 Å². The van der Waals surface area contributed by atoms with E-state index in [1.165, 1.54) is 308 Å². The number of hydrogen-bond donors (Lipinski definition) is 3. The van der Waals surface area contributed by atoms with Crippen LogP contribution in [0.3, 0.4) is 0 Å². The van der Waals surface area contributed by atoms with Crippen molar-refractivity contribution < 1.29 is 15.0 Å². The summed E-state index contributed by atoms with van der Waals surface area (Å²) in [5.74, 6) is -0.0576. The topological polar surface area (TPSA) is 69.6 Å². The Kier molecular flexibility index (Phi) is 58.2. The summed E-state index contributed by atoms with van der Waals surface area (Å²) in [6, 6.07) is -0.622. The maximum atomic E-state index is 12.5. The summed E-state index contributed by atoms with van der Waals surface area (Å²) < 4.78 is 0. The summed E-state index contributed by atoms with van der Waals surface area (Å²) in [5.41, 5.74) is 0. The molecule has 0 aromatic heterocycles. The van der Waals surface area contributed by atoms with Crippen LogP contribution in [0.2, 0.25) is 0 Å². The number of aliphatic hydroxyl groups is 2. The molecule has 2 unspecified atom stereocenters. The number of unbranched alkanes of at least 4 members (excludes halogenated alkanes) is 49. The van der Waals surface area contributed by atoms with E-state index in [-0.39, 0.29) is 12.5 Å². The predicted octanol–water partition coefficient (Wildman–Crippen LogP) is 20.7. The number of nitrogens with one attached hydrogen (secondary N) is 1. The molecule has 398 valence electrons. The first-order valence-corrected chi connectivity index (χ1v) is 31.1. The van der Waals surface area contributed by atoms with Gasteiger partial charge in [0.25, 0.3) is 0 Å². The van der Waals surface area contributed by atoms with Crippen LogP contribution in [0.1, 0.15) is 354 Å². The van der Waals surface area contributed by atoms with E-state index >= 15 is 0 Å². The summed E-state index contributed by atoms with van der Waals surface area (Å²) >= 11 is 0. The van der Waals surface area contributed by atoms with Gasteiger partial charge in [0.1, 0.15) is 0 Å². The average Bonchev–Trinajstić information content (AvgIpc) is 3.33. The van der Waals surface area contributed by atoms with Crippen LogP contribution in [0, 0.1) is 0 Å². The van der Waals surface area contributed by atoms with E-state index in [1.54, 1.807) is 6.08 Å². The molecular formula is C63H123NO3. The Morgan fingerprint density at radius 2 is 0.567 bits per heavy atom. The molecule has 1 amide bonds. The summed E-state index contributed by atoms with van der Waals surface area (Å²) in [6.07, 6.45) is 79.4. The quantitative estimate of drug-likeness (QED) is 0.0420. The second kappa shape index (κ2) is 59.2. The van der Waals surface area contributed by atoms with Crippen LogP contribution in [-0.2, 0) is 4.79 Å². The molecule has 0 bridgehead atoms. The van der Waals surface area contributed by atoms with Crippen LogP contribution in [0.4, 0.5) is 0 Å². The summed E-state index contributed by atoms with van der Waals surface area (Å²) in [5, 5.41) is 23.2. The highest BCUT2D eigenvalue weighted by atomic mass is 16.3. The van der Waals surface area contributed by atoms with Crippen LogP contribution >= 0.6 is 0 Å². The van der Waals surface area contributed by atoms with Crippen molar-refractivity contribution in [1.29, 1.82) is 0 Å². The minimum Gasteiger partial charge on any atom is -0.394 e. The molecular weight excluding hydrogens is 819 g/mol. The van der Waals surface area contributed by atoms with Crippen molar-refractivity contribution in [1.82, 2.24) is 5.32 Å². The Morgan fingerprint density at radius 3 is 0.821 bits per heavy atom. The van der Waals surface area contributed by atoms with Crippen LogP contribution < -0.4 is 5.32 Å². The average molecular weight is 943 g/mol. The molecule has 4 heteroatoms. The Balaban J connectivity index is 3.44. The van der Waals surface area contributed by atoms with Gasteiger partial charge in [0.15, 0.2) is 0 Å². The second-order valence-electron chi connectivity index (χ2n) is 21.5. The maximum Gasteiger partial charge on any atom is 0.220 e. The molecule has 0 saturated heterocycles. The lowest BCUT2D eigenvalue weighted by Gasteiger charge is -2.20. The normalized spacial score (nSPS) is 12.8. The molecule has 0 aliphatic heterocycles. The number of allylic oxidation sites excluding steroid dienone is 3. The lowest BCUT2D eigenvalue weighted by molar-refractivity contribution is -0.123. The third-order valence-electron chi connectivity index (χ3n) is 14.7. The van der Waals surface area contributed by atoms with Gasteiger partial charge in [-0.1, -0.05) is 327 Å². The standard InChI is InChI=1S/C63H123NO3/c1-3-5-7-9-11-13-15-17-19-21-23-25-27-29-30-31-32-33-35-36-38-40-42-44-46-48-50-52-54-56-58-62(66)61(60-65)64-63(67)59-57-55-53-51-49-47-45-43-41-39-37-34-28-26-24-22-20-18-16-14-12-10-8-6-4-2/h22,24,56,58,61-62,65-66H,3-21,23,25-55,57,59-60H2,1-2H3,(H,64,67)/b24-22-,58-56+. The molecule has 67 heavy (non-hydrogen) atoms. The highest BCUT2D eigenvalue weighted by Gasteiger charge is 2.18. The van der Waals surface area contributed by atoms with E-state index in [2.05, 4.69) is 31.3 Å². The molecule has 0 radical (unpaired) electrons. The number of aliphatic hydroxyl groups excluding tert-OH is 2. The van der Waals surface area contributed by atoms with Crippen molar-refractivity contribution in [2.75, 3.05) is 6.61 Å². The highest BCUT2D eigenvalue weighted by Crippen LogP contribution is 2.18. The van der Waals surface area contributed by atoms with Crippen molar-refractivity contribution in [3.8, 4) is 0 Å². The molecule has 0 saturated carbocycles. The zero-order chi connectivity index (χ0) is 48.5. The van der Waals surface area contributed by atoms with Crippen molar-refractivity contribution in [2.45, 2.75) is 366 Å². The summed E-state index contributed by atoms with van der Waals surface area (Å²) in [7, 11) is 0. The third kappa shape index (κ3) is 55.7. The van der Waals surface area contributed by atoms with E-state index in [1.807, 2.05) is 6.08 Å². The van der Waals surface area contributed by atoms with Gasteiger partial charge in [-0.2, -0.15) is 0 Å². The predicted molar refractivity (Wildman–Crippen MR) is 299 cm³/mol. The molecule has 0 aliphatic carbocycles. The number of carbonyl (C=O) groups is 1. The van der Waals surface area contributed by atoms with E-state index in [4.69, 9.17) is 0 Å². The first-order chi connectivity index (χ1) is 33.2. The van der Waals surface area contributed by atoms with Gasteiger partial charge in [0, 0.05) is 6.42 Å². The summed E-state index contributed by atoms with van der Waals surface area (Å²) in [4.78, 5) is 12.5. The smallest absolute Gasteiger partial charge is 0.220 e. The third-order valence-corrected chi connectivity index (χ3v) is 14.7. The lowest BCUT2D eigenvalue weighted by Crippen LogP contribution is -2.45. The fourth-order valence-corrected chi connectivity index (χ4v) is 9.94. The van der Waals surface area contributed by atoms with Crippen LogP contribution in [0.5, 0.6) is 0 Å². The molecule has 4 nitrogen and oxygen atoms in total. The molecule has 3 N–H and O–H groups in total. The van der Waals surface area contributed by atoms with Gasteiger partial charge in [0.2, 0.25) is 5.91 Å². The van der Waals surface area contributed by atoms with Crippen molar-refractivity contribution >= 4 is 5.91 Å². The Bertz CT molecular complexity index is 978. The fourth-order valence-electron chi connectivity index (χ4n) is 9.94. The number of rotatable bonds is 58. The Hall–Kier alpha value is -1.13. The second-order valence-corrected chi connectivity index (χ2v) is 21.5. The van der Waals surface area contributed by atoms with Crippen molar-refractivity contribution in [3.63, 3.8) is 0 Å². The van der Waals surface area contributed by atoms with Crippen molar-refractivity contribution in [2.24, 2.45) is 0 Å². The SMILES string of the molecule is CCCCCCCCCC/C=C\CCCCCCCCCCCCCCCC(=O)NC(CO)C(O)/C=C/CCCCCCCCCCCCCCCCCCCCCCCCCCCCCC. The molecule has 0 heterocycles. The zero-order valence-corrected chi connectivity index (χ0v) is 46.0. The molecule has 0 fully saturated rings. The largest absolute Gasteiger partial charge is 0.394 e. The summed E-state index contributed by atoms with van der Waals surface area (Å²) in [6.45, 7) is 4.35. The van der Waals surface area contributed by atoms with Gasteiger partial charge in [0.05, 0.1) is 18.8 Å². The monoisotopic (exact) mass is 942 g/mol. The van der Waals surface area contributed by atoms with Crippen LogP contribution in [0.15, 0.2) is 24.3 Å². The van der Waals surface area contributed by atoms with E-state index in [0.29, 0.717) is 6.42 Å². The lowest BCUT2D eigenvalue weighted by atomic mass is 10.0. The van der Waals surface area contributed by atoms with Gasteiger partial charge in [-0.3, -0.25) is 4.79 Å². The molecule has 0 rings (SSSR count). The van der Waals surface area contributed by atoms with Gasteiger partial charge >= 0.3 is 0 Å². The van der Waals surface area contributed by atoms with Crippen LogP contribution in [0.25, 0.3) is 0 Å². The van der Waals surface area contributed by atoms with Gasteiger partial charge in [-0.05, 0) is 44.9 Å². The van der Waals surface area contributed by atoms with Crippen LogP contribution in [-0.4, -0.2) is 34.9 Å². The molecule has 2 atom stereocenters. The van der Waals surface area contributed by atoms with Gasteiger partial charge in [-0.25, -0.2) is 0 Å². The Morgan fingerprint density at radius 1 is 0.343 bits per heavy atom. The first kappa shape index (κ1) is 65.9. The minimum absolute atomic E-state index is 0.0576. The zero-order valence-electron chi connectivity index (χ0n) is 46.0. The van der Waals surface area contributed by atoms with E-state index in [0.717, 1.165) is 25.7 Å².